The van der Waals surface area contributed by atoms with Crippen LogP contribution < -0.4 is 5.73 Å². The number of ether oxygens (including phenoxy) is 2. The zero-order valence-electron chi connectivity index (χ0n) is 9.67. The Morgan fingerprint density at radius 1 is 1.44 bits per heavy atom. The predicted molar refractivity (Wildman–Crippen MR) is 55.3 cm³/mol. The summed E-state index contributed by atoms with van der Waals surface area (Å²) in [5, 5.41) is 0. The van der Waals surface area contributed by atoms with Gasteiger partial charge >= 0.3 is 5.97 Å². The highest BCUT2D eigenvalue weighted by Gasteiger charge is 2.28. The van der Waals surface area contributed by atoms with E-state index in [1.54, 1.807) is 6.92 Å². The van der Waals surface area contributed by atoms with Crippen molar-refractivity contribution in [3.63, 3.8) is 0 Å². The maximum atomic E-state index is 11.7. The molecule has 0 aliphatic carbocycles. The zero-order chi connectivity index (χ0) is 12.6. The molecule has 0 spiro atoms. The van der Waals surface area contributed by atoms with E-state index in [0.717, 1.165) is 0 Å². The van der Waals surface area contributed by atoms with Gasteiger partial charge in [-0.15, -0.1) is 0 Å². The molecule has 16 heavy (non-hydrogen) atoms. The van der Waals surface area contributed by atoms with Crippen molar-refractivity contribution in [2.75, 3.05) is 20.3 Å². The Morgan fingerprint density at radius 3 is 2.56 bits per heavy atom. The molecule has 6 heteroatoms. The van der Waals surface area contributed by atoms with Gasteiger partial charge in [-0.2, -0.15) is 0 Å². The summed E-state index contributed by atoms with van der Waals surface area (Å²) < 4.78 is 32.6. The molecule has 0 saturated heterocycles. The van der Waals surface area contributed by atoms with E-state index >= 15 is 0 Å². The molecule has 0 bridgehead atoms. The number of hydrogen-bond donors (Lipinski definition) is 1. The molecule has 0 fully saturated rings. The first kappa shape index (κ1) is 15.2. The Labute approximate surface area is 94.1 Å². The largest absolute Gasteiger partial charge is 0.468 e. The van der Waals surface area contributed by atoms with Gasteiger partial charge in [0.05, 0.1) is 7.11 Å². The number of hydrogen-bond acceptors (Lipinski definition) is 4. The Bertz CT molecular complexity index is 210. The first-order chi connectivity index (χ1) is 7.40. The van der Waals surface area contributed by atoms with Crippen molar-refractivity contribution in [1.82, 2.24) is 0 Å². The molecule has 0 amide bonds. The highest BCUT2D eigenvalue weighted by molar-refractivity contribution is 5.79. The number of carbonyl (C=O) groups is 1. The number of rotatable bonds is 8. The number of methoxy groups -OCH3 is 1. The van der Waals surface area contributed by atoms with E-state index in [2.05, 4.69) is 9.47 Å². The monoisotopic (exact) mass is 239 g/mol. The summed E-state index contributed by atoms with van der Waals surface area (Å²) in [6, 6.07) is 0. The standard InChI is InChI=1S/C10H19F2NO3/c1-10(13,9(14)15-2)5-3-4-6-16-7-8(11)12/h8H,3-7,13H2,1-2H3. The fraction of sp³-hybridized carbons (Fsp3) is 0.900. The number of carbonyl (C=O) groups excluding carboxylic acids is 1. The topological polar surface area (TPSA) is 61.5 Å². The predicted octanol–water partition coefficient (Wildman–Crippen LogP) is 1.33. The molecule has 0 aromatic rings. The summed E-state index contributed by atoms with van der Waals surface area (Å²) in [6.07, 6.45) is -0.769. The number of alkyl halides is 2. The molecule has 0 aromatic carbocycles. The van der Waals surface area contributed by atoms with Crippen molar-refractivity contribution in [2.24, 2.45) is 5.73 Å². The highest BCUT2D eigenvalue weighted by atomic mass is 19.3. The summed E-state index contributed by atoms with van der Waals surface area (Å²) in [5.74, 6) is -0.471. The second kappa shape index (κ2) is 7.51. The van der Waals surface area contributed by atoms with Crippen LogP contribution in [-0.2, 0) is 14.3 Å². The molecular formula is C10H19F2NO3. The van der Waals surface area contributed by atoms with E-state index in [4.69, 9.17) is 5.73 Å². The average Bonchev–Trinajstić information content (AvgIpc) is 2.21. The van der Waals surface area contributed by atoms with Crippen molar-refractivity contribution in [3.05, 3.63) is 0 Å². The lowest BCUT2D eigenvalue weighted by atomic mass is 9.96. The van der Waals surface area contributed by atoms with Gasteiger partial charge in [-0.3, -0.25) is 4.79 Å². The van der Waals surface area contributed by atoms with Crippen LogP contribution in [0.15, 0.2) is 0 Å². The molecule has 4 nitrogen and oxygen atoms in total. The van der Waals surface area contributed by atoms with Gasteiger partial charge in [-0.05, 0) is 26.2 Å². The van der Waals surface area contributed by atoms with Crippen LogP contribution in [0.4, 0.5) is 8.78 Å². The molecule has 0 aliphatic heterocycles. The summed E-state index contributed by atoms with van der Waals surface area (Å²) >= 11 is 0. The normalized spacial score (nSPS) is 14.9. The van der Waals surface area contributed by atoms with Crippen molar-refractivity contribution in [3.8, 4) is 0 Å². The van der Waals surface area contributed by atoms with Crippen molar-refractivity contribution in [2.45, 2.75) is 38.2 Å². The highest BCUT2D eigenvalue weighted by Crippen LogP contribution is 2.12. The smallest absolute Gasteiger partial charge is 0.325 e. The van der Waals surface area contributed by atoms with E-state index in [1.807, 2.05) is 0 Å². The minimum Gasteiger partial charge on any atom is -0.468 e. The molecule has 1 unspecified atom stereocenters. The van der Waals surface area contributed by atoms with E-state index in [9.17, 15) is 13.6 Å². The molecule has 0 aliphatic rings. The maximum Gasteiger partial charge on any atom is 0.325 e. The molecular weight excluding hydrogens is 220 g/mol. The second-order valence-electron chi connectivity index (χ2n) is 3.83. The van der Waals surface area contributed by atoms with Gasteiger partial charge in [-0.1, -0.05) is 0 Å². The fourth-order valence-electron chi connectivity index (χ4n) is 1.20. The van der Waals surface area contributed by atoms with Gasteiger partial charge in [0, 0.05) is 6.61 Å². The lowest BCUT2D eigenvalue weighted by Crippen LogP contribution is -2.45. The lowest BCUT2D eigenvalue weighted by molar-refractivity contribution is -0.146. The molecule has 1 atom stereocenters. The zero-order valence-corrected chi connectivity index (χ0v) is 9.67. The van der Waals surface area contributed by atoms with Crippen molar-refractivity contribution in [1.29, 1.82) is 0 Å². The molecule has 0 aromatic heterocycles. The van der Waals surface area contributed by atoms with E-state index in [1.165, 1.54) is 7.11 Å². The number of halogens is 2. The van der Waals surface area contributed by atoms with Gasteiger partial charge in [0.1, 0.15) is 12.1 Å². The third kappa shape index (κ3) is 6.68. The van der Waals surface area contributed by atoms with Crippen molar-refractivity contribution < 1.29 is 23.0 Å². The van der Waals surface area contributed by atoms with E-state index in [0.29, 0.717) is 19.3 Å². The van der Waals surface area contributed by atoms with Crippen LogP contribution in [0.25, 0.3) is 0 Å². The minimum atomic E-state index is -2.44. The Balaban J connectivity index is 3.54. The SMILES string of the molecule is COC(=O)C(C)(N)CCCCOCC(F)F. The van der Waals surface area contributed by atoms with Gasteiger partial charge in [0.25, 0.3) is 6.43 Å². The molecule has 0 heterocycles. The van der Waals surface area contributed by atoms with Crippen LogP contribution in [0.2, 0.25) is 0 Å². The summed E-state index contributed by atoms with van der Waals surface area (Å²) in [6.45, 7) is 1.29. The Kier molecular flexibility index (Phi) is 7.16. The lowest BCUT2D eigenvalue weighted by Gasteiger charge is -2.20. The van der Waals surface area contributed by atoms with Crippen LogP contribution in [0.5, 0.6) is 0 Å². The van der Waals surface area contributed by atoms with Gasteiger partial charge in [0.15, 0.2) is 0 Å². The molecule has 0 saturated carbocycles. The fourth-order valence-corrected chi connectivity index (χ4v) is 1.20. The summed E-state index contributed by atoms with van der Waals surface area (Å²) in [4.78, 5) is 11.2. The van der Waals surface area contributed by atoms with Crippen LogP contribution >= 0.6 is 0 Å². The number of nitrogens with two attached hydrogens (primary N) is 1. The maximum absolute atomic E-state index is 11.7. The van der Waals surface area contributed by atoms with Gasteiger partial charge < -0.3 is 15.2 Å². The van der Waals surface area contributed by atoms with Crippen molar-refractivity contribution >= 4 is 5.97 Å². The number of esters is 1. The molecule has 0 rings (SSSR count). The second-order valence-corrected chi connectivity index (χ2v) is 3.83. The molecule has 96 valence electrons. The van der Waals surface area contributed by atoms with E-state index < -0.39 is 24.5 Å². The third-order valence-corrected chi connectivity index (χ3v) is 2.13. The molecule has 2 N–H and O–H groups in total. The molecule has 0 radical (unpaired) electrons. The van der Waals surface area contributed by atoms with Gasteiger partial charge in [-0.25, -0.2) is 8.78 Å². The van der Waals surface area contributed by atoms with Gasteiger partial charge in [0.2, 0.25) is 0 Å². The first-order valence-electron chi connectivity index (χ1n) is 5.13. The van der Waals surface area contributed by atoms with Crippen LogP contribution in [0.1, 0.15) is 26.2 Å². The van der Waals surface area contributed by atoms with Crippen LogP contribution in [-0.4, -0.2) is 38.3 Å². The van der Waals surface area contributed by atoms with E-state index in [-0.39, 0.29) is 6.61 Å². The Morgan fingerprint density at radius 2 is 2.06 bits per heavy atom. The van der Waals surface area contributed by atoms with Crippen LogP contribution in [0.3, 0.4) is 0 Å². The Hall–Kier alpha value is -0.750. The average molecular weight is 239 g/mol. The summed E-state index contributed by atoms with van der Waals surface area (Å²) in [5.41, 5.74) is 4.68. The third-order valence-electron chi connectivity index (χ3n) is 2.13. The minimum absolute atomic E-state index is 0.252. The first-order valence-corrected chi connectivity index (χ1v) is 5.13. The number of unbranched alkanes of at least 4 members (excludes halogenated alkanes) is 1. The summed E-state index contributed by atoms with van der Waals surface area (Å²) in [7, 11) is 1.28. The van der Waals surface area contributed by atoms with Crippen LogP contribution in [0, 0.1) is 0 Å². The quantitative estimate of drug-likeness (QED) is 0.512.